The molecule has 0 aromatic rings. The number of likely N-dealkylation sites (tertiary alicyclic amines) is 1. The van der Waals surface area contributed by atoms with Gasteiger partial charge in [0.15, 0.2) is 5.96 Å². The summed E-state index contributed by atoms with van der Waals surface area (Å²) in [5.41, 5.74) is 0.547. The van der Waals surface area contributed by atoms with Crippen molar-refractivity contribution in [3.63, 3.8) is 0 Å². The van der Waals surface area contributed by atoms with E-state index in [4.69, 9.17) is 9.73 Å². The van der Waals surface area contributed by atoms with Crippen LogP contribution in [0.5, 0.6) is 0 Å². The Labute approximate surface area is 133 Å². The van der Waals surface area contributed by atoms with E-state index in [-0.39, 0.29) is 11.9 Å². The minimum absolute atomic E-state index is 0.0605. The Kier molecular flexibility index (Phi) is 4.59. The number of esters is 1. The number of carbonyl (C=O) groups excluding carboxylic acids is 1. The number of piperidine rings is 1. The third-order valence-electron chi connectivity index (χ3n) is 5.54. The number of rotatable bonds is 5. The van der Waals surface area contributed by atoms with Crippen LogP contribution in [0.1, 0.15) is 45.4 Å². The standard InChI is InChI=1S/C17H29N3O2/c1-3-18-16(19-12-17(8-9-17)14-4-5-14)20-10-6-13(7-11-20)15(21)22-2/h13-14H,3-12H2,1-2H3,(H,18,19). The molecule has 124 valence electrons. The minimum Gasteiger partial charge on any atom is -0.469 e. The van der Waals surface area contributed by atoms with Gasteiger partial charge in [-0.3, -0.25) is 9.79 Å². The average molecular weight is 307 g/mol. The highest BCUT2D eigenvalue weighted by atomic mass is 16.5. The van der Waals surface area contributed by atoms with Crippen LogP contribution in [0, 0.1) is 17.3 Å². The SMILES string of the molecule is CCNC(=NCC1(C2CC2)CC1)N1CCC(C(=O)OC)CC1. The summed E-state index contributed by atoms with van der Waals surface area (Å²) >= 11 is 0. The summed E-state index contributed by atoms with van der Waals surface area (Å²) in [5.74, 6) is 1.99. The van der Waals surface area contributed by atoms with E-state index in [0.717, 1.165) is 50.9 Å². The summed E-state index contributed by atoms with van der Waals surface area (Å²) in [6.07, 6.45) is 7.29. The van der Waals surface area contributed by atoms with Crippen molar-refractivity contribution in [1.29, 1.82) is 0 Å². The van der Waals surface area contributed by atoms with E-state index in [1.165, 1.54) is 32.8 Å². The van der Waals surface area contributed by atoms with Gasteiger partial charge in [0.1, 0.15) is 0 Å². The van der Waals surface area contributed by atoms with Crippen molar-refractivity contribution in [2.24, 2.45) is 22.2 Å². The lowest BCUT2D eigenvalue weighted by Crippen LogP contribution is -2.47. The van der Waals surface area contributed by atoms with Crippen LogP contribution in [0.15, 0.2) is 4.99 Å². The highest BCUT2D eigenvalue weighted by Gasteiger charge is 2.53. The first kappa shape index (κ1) is 15.6. The molecule has 0 atom stereocenters. The topological polar surface area (TPSA) is 53.9 Å². The van der Waals surface area contributed by atoms with Crippen LogP contribution >= 0.6 is 0 Å². The first-order valence-corrected chi connectivity index (χ1v) is 8.79. The van der Waals surface area contributed by atoms with Crippen molar-refractivity contribution in [3.05, 3.63) is 0 Å². The van der Waals surface area contributed by atoms with Crippen LogP contribution < -0.4 is 5.32 Å². The van der Waals surface area contributed by atoms with Gasteiger partial charge in [-0.25, -0.2) is 0 Å². The Bertz CT molecular complexity index is 433. The Hall–Kier alpha value is -1.26. The second-order valence-electron chi connectivity index (χ2n) is 7.09. The van der Waals surface area contributed by atoms with Gasteiger partial charge in [0.25, 0.3) is 0 Å². The minimum atomic E-state index is -0.0627. The monoisotopic (exact) mass is 307 g/mol. The fraction of sp³-hybridized carbons (Fsp3) is 0.882. The van der Waals surface area contributed by atoms with Gasteiger partial charge in [-0.15, -0.1) is 0 Å². The average Bonchev–Trinajstić information content (AvgIpc) is 3.43. The van der Waals surface area contributed by atoms with Gasteiger partial charge in [0, 0.05) is 26.2 Å². The maximum atomic E-state index is 11.6. The molecule has 1 aliphatic heterocycles. The molecule has 22 heavy (non-hydrogen) atoms. The molecule has 0 amide bonds. The number of methoxy groups -OCH3 is 1. The molecule has 0 aromatic heterocycles. The van der Waals surface area contributed by atoms with Gasteiger partial charge in [-0.05, 0) is 56.8 Å². The second kappa shape index (κ2) is 6.47. The zero-order valence-electron chi connectivity index (χ0n) is 13.9. The van der Waals surface area contributed by atoms with E-state index in [0.29, 0.717) is 5.41 Å². The van der Waals surface area contributed by atoms with Crippen molar-refractivity contribution in [2.75, 3.05) is 33.3 Å². The van der Waals surface area contributed by atoms with Crippen molar-refractivity contribution in [2.45, 2.75) is 45.4 Å². The van der Waals surface area contributed by atoms with Crippen LogP contribution in [-0.4, -0.2) is 50.1 Å². The number of nitrogens with zero attached hydrogens (tertiary/aromatic N) is 2. The third kappa shape index (κ3) is 3.39. The predicted octanol–water partition coefficient (Wildman–Crippen LogP) is 2.03. The van der Waals surface area contributed by atoms with Crippen LogP contribution in [0.2, 0.25) is 0 Å². The molecule has 1 heterocycles. The zero-order chi connectivity index (χ0) is 15.6. The molecule has 2 aliphatic carbocycles. The summed E-state index contributed by atoms with van der Waals surface area (Å²) in [4.78, 5) is 18.9. The normalized spacial score (nSPS) is 25.0. The maximum Gasteiger partial charge on any atom is 0.308 e. The summed E-state index contributed by atoms with van der Waals surface area (Å²) in [6.45, 7) is 5.78. The van der Waals surface area contributed by atoms with Gasteiger partial charge >= 0.3 is 5.97 Å². The van der Waals surface area contributed by atoms with E-state index in [1.54, 1.807) is 0 Å². The molecule has 3 rings (SSSR count). The highest BCUT2D eigenvalue weighted by molar-refractivity contribution is 5.80. The number of guanidine groups is 1. The fourth-order valence-corrected chi connectivity index (χ4v) is 3.70. The molecule has 5 nitrogen and oxygen atoms in total. The summed E-state index contributed by atoms with van der Waals surface area (Å²) in [5, 5.41) is 3.43. The Balaban J connectivity index is 1.56. The van der Waals surface area contributed by atoms with Gasteiger partial charge in [-0.1, -0.05) is 0 Å². The largest absolute Gasteiger partial charge is 0.469 e. The number of aliphatic imine (C=N–C) groups is 1. The van der Waals surface area contributed by atoms with Gasteiger partial charge in [-0.2, -0.15) is 0 Å². The van der Waals surface area contributed by atoms with Crippen molar-refractivity contribution < 1.29 is 9.53 Å². The van der Waals surface area contributed by atoms with Crippen molar-refractivity contribution in [3.8, 4) is 0 Å². The Morgan fingerprint density at radius 2 is 1.95 bits per heavy atom. The molecule has 2 saturated carbocycles. The van der Waals surface area contributed by atoms with E-state index < -0.39 is 0 Å². The molecular formula is C17H29N3O2. The lowest BCUT2D eigenvalue weighted by atomic mass is 9.97. The van der Waals surface area contributed by atoms with Gasteiger partial charge < -0.3 is 15.0 Å². The van der Waals surface area contributed by atoms with Crippen molar-refractivity contribution >= 4 is 11.9 Å². The van der Waals surface area contributed by atoms with Gasteiger partial charge in [0.2, 0.25) is 0 Å². The number of hydrogen-bond acceptors (Lipinski definition) is 3. The zero-order valence-corrected chi connectivity index (χ0v) is 13.9. The van der Waals surface area contributed by atoms with Crippen LogP contribution in [0.25, 0.3) is 0 Å². The van der Waals surface area contributed by atoms with E-state index >= 15 is 0 Å². The van der Waals surface area contributed by atoms with Crippen LogP contribution in [0.3, 0.4) is 0 Å². The number of carbonyl (C=O) groups is 1. The van der Waals surface area contributed by atoms with E-state index in [1.807, 2.05) is 0 Å². The molecule has 5 heteroatoms. The second-order valence-corrected chi connectivity index (χ2v) is 7.09. The number of hydrogen-bond donors (Lipinski definition) is 1. The molecule has 3 aliphatic rings. The van der Waals surface area contributed by atoms with Gasteiger partial charge in [0.05, 0.1) is 13.0 Å². The Morgan fingerprint density at radius 1 is 1.27 bits per heavy atom. The first-order valence-electron chi connectivity index (χ1n) is 8.79. The van der Waals surface area contributed by atoms with Crippen LogP contribution in [-0.2, 0) is 9.53 Å². The molecule has 0 spiro atoms. The number of ether oxygens (including phenoxy) is 1. The summed E-state index contributed by atoms with van der Waals surface area (Å²) < 4.78 is 4.86. The summed E-state index contributed by atoms with van der Waals surface area (Å²) in [7, 11) is 1.48. The summed E-state index contributed by atoms with van der Waals surface area (Å²) in [6, 6.07) is 0. The van der Waals surface area contributed by atoms with Crippen molar-refractivity contribution in [1.82, 2.24) is 10.2 Å². The molecule has 0 radical (unpaired) electrons. The lowest BCUT2D eigenvalue weighted by molar-refractivity contribution is -0.146. The lowest BCUT2D eigenvalue weighted by Gasteiger charge is -2.33. The molecular weight excluding hydrogens is 278 g/mol. The highest BCUT2D eigenvalue weighted by Crippen LogP contribution is 2.61. The maximum absolute atomic E-state index is 11.6. The first-order chi connectivity index (χ1) is 10.7. The molecule has 0 unspecified atom stereocenters. The predicted molar refractivity (Wildman–Crippen MR) is 86.7 cm³/mol. The van der Waals surface area contributed by atoms with Crippen LogP contribution in [0.4, 0.5) is 0 Å². The quantitative estimate of drug-likeness (QED) is 0.480. The van der Waals surface area contributed by atoms with E-state index in [9.17, 15) is 4.79 Å². The third-order valence-corrected chi connectivity index (χ3v) is 5.54. The molecule has 1 N–H and O–H groups in total. The molecule has 1 saturated heterocycles. The molecule has 0 bridgehead atoms. The smallest absolute Gasteiger partial charge is 0.308 e. The molecule has 3 fully saturated rings. The Morgan fingerprint density at radius 3 is 2.45 bits per heavy atom. The molecule has 0 aromatic carbocycles. The number of nitrogens with one attached hydrogen (secondary N) is 1. The van der Waals surface area contributed by atoms with E-state index in [2.05, 4.69) is 17.1 Å². The fourth-order valence-electron chi connectivity index (χ4n) is 3.70.